The summed E-state index contributed by atoms with van der Waals surface area (Å²) in [6.07, 6.45) is 1.94. The Morgan fingerprint density at radius 3 is 2.43 bits per heavy atom. The number of rotatable bonds is 8. The van der Waals surface area contributed by atoms with Crippen molar-refractivity contribution in [3.8, 4) is 11.5 Å². The standard InChI is InChI=1S/C15H22N2O4/c1-4-5-8-16-14(18)10-17-15(19)11-6-7-12(20-2)13(9-11)21-3/h6-7,9H,4-5,8,10H2,1-3H3,(H,16,18)(H,17,19). The molecule has 0 aromatic heterocycles. The van der Waals surface area contributed by atoms with Crippen molar-refractivity contribution < 1.29 is 19.1 Å². The molecule has 0 saturated carbocycles. The summed E-state index contributed by atoms with van der Waals surface area (Å²) in [7, 11) is 3.03. The summed E-state index contributed by atoms with van der Waals surface area (Å²) >= 11 is 0. The van der Waals surface area contributed by atoms with E-state index in [0.29, 0.717) is 23.6 Å². The summed E-state index contributed by atoms with van der Waals surface area (Å²) in [4.78, 5) is 23.5. The van der Waals surface area contributed by atoms with Crippen LogP contribution in [0.4, 0.5) is 0 Å². The molecule has 0 radical (unpaired) electrons. The number of unbranched alkanes of at least 4 members (excludes halogenated alkanes) is 1. The van der Waals surface area contributed by atoms with Gasteiger partial charge in [0, 0.05) is 12.1 Å². The van der Waals surface area contributed by atoms with Crippen LogP contribution in [0.25, 0.3) is 0 Å². The number of hydrogen-bond donors (Lipinski definition) is 2. The first kappa shape index (κ1) is 16.8. The first-order chi connectivity index (χ1) is 10.1. The number of ether oxygens (including phenoxy) is 2. The molecule has 6 nitrogen and oxygen atoms in total. The summed E-state index contributed by atoms with van der Waals surface area (Å²) in [5.74, 6) is 0.489. The van der Waals surface area contributed by atoms with Gasteiger partial charge in [0.05, 0.1) is 20.8 Å². The summed E-state index contributed by atoms with van der Waals surface area (Å²) in [6, 6.07) is 4.84. The quantitative estimate of drug-likeness (QED) is 0.710. The first-order valence-corrected chi connectivity index (χ1v) is 6.89. The number of hydrogen-bond acceptors (Lipinski definition) is 4. The SMILES string of the molecule is CCCCNC(=O)CNC(=O)c1ccc(OC)c(OC)c1. The molecule has 1 aromatic rings. The number of benzene rings is 1. The van der Waals surface area contributed by atoms with Crippen molar-refractivity contribution in [2.24, 2.45) is 0 Å². The molecule has 116 valence electrons. The van der Waals surface area contributed by atoms with Crippen molar-refractivity contribution in [1.29, 1.82) is 0 Å². The third kappa shape index (κ3) is 5.33. The number of amides is 2. The minimum absolute atomic E-state index is 0.0447. The van der Waals surface area contributed by atoms with Crippen molar-refractivity contribution in [2.45, 2.75) is 19.8 Å². The van der Waals surface area contributed by atoms with E-state index in [1.807, 2.05) is 6.92 Å². The molecule has 0 atom stereocenters. The molecule has 0 heterocycles. The Bertz CT molecular complexity index is 489. The van der Waals surface area contributed by atoms with Crippen molar-refractivity contribution >= 4 is 11.8 Å². The highest BCUT2D eigenvalue weighted by atomic mass is 16.5. The number of nitrogens with one attached hydrogen (secondary N) is 2. The minimum atomic E-state index is -0.332. The van der Waals surface area contributed by atoms with E-state index < -0.39 is 0 Å². The molecule has 0 aliphatic rings. The Morgan fingerprint density at radius 2 is 1.81 bits per heavy atom. The first-order valence-electron chi connectivity index (χ1n) is 6.89. The van der Waals surface area contributed by atoms with Gasteiger partial charge in [-0.25, -0.2) is 0 Å². The normalized spacial score (nSPS) is 9.86. The van der Waals surface area contributed by atoms with Crippen molar-refractivity contribution in [2.75, 3.05) is 27.3 Å². The van der Waals surface area contributed by atoms with Crippen LogP contribution in [0, 0.1) is 0 Å². The van der Waals surface area contributed by atoms with Gasteiger partial charge in [-0.2, -0.15) is 0 Å². The molecule has 0 bridgehead atoms. The van der Waals surface area contributed by atoms with Gasteiger partial charge in [0.25, 0.3) is 5.91 Å². The van der Waals surface area contributed by atoms with Crippen LogP contribution in [0.5, 0.6) is 11.5 Å². The van der Waals surface area contributed by atoms with E-state index in [0.717, 1.165) is 12.8 Å². The van der Waals surface area contributed by atoms with Crippen LogP contribution in [0.3, 0.4) is 0 Å². The lowest BCUT2D eigenvalue weighted by Gasteiger charge is -2.10. The second-order valence-corrected chi connectivity index (χ2v) is 4.46. The van der Waals surface area contributed by atoms with Gasteiger partial charge in [0.2, 0.25) is 5.91 Å². The van der Waals surface area contributed by atoms with Gasteiger partial charge < -0.3 is 20.1 Å². The smallest absolute Gasteiger partial charge is 0.251 e. The fourth-order valence-electron chi connectivity index (χ4n) is 1.71. The maximum atomic E-state index is 12.0. The summed E-state index contributed by atoms with van der Waals surface area (Å²) in [5, 5.41) is 5.30. The zero-order valence-electron chi connectivity index (χ0n) is 12.7. The molecule has 0 aliphatic carbocycles. The van der Waals surface area contributed by atoms with Crippen LogP contribution in [-0.4, -0.2) is 39.1 Å². The van der Waals surface area contributed by atoms with Crippen LogP contribution in [0.2, 0.25) is 0 Å². The van der Waals surface area contributed by atoms with E-state index in [9.17, 15) is 9.59 Å². The lowest BCUT2D eigenvalue weighted by molar-refractivity contribution is -0.120. The van der Waals surface area contributed by atoms with Crippen molar-refractivity contribution in [1.82, 2.24) is 10.6 Å². The average Bonchev–Trinajstić information content (AvgIpc) is 2.52. The predicted molar refractivity (Wildman–Crippen MR) is 79.8 cm³/mol. The zero-order valence-corrected chi connectivity index (χ0v) is 12.7. The highest BCUT2D eigenvalue weighted by Gasteiger charge is 2.11. The topological polar surface area (TPSA) is 76.7 Å². The molecule has 21 heavy (non-hydrogen) atoms. The van der Waals surface area contributed by atoms with Gasteiger partial charge >= 0.3 is 0 Å². The van der Waals surface area contributed by atoms with Crippen molar-refractivity contribution in [3.63, 3.8) is 0 Å². The van der Waals surface area contributed by atoms with E-state index in [-0.39, 0.29) is 18.4 Å². The largest absolute Gasteiger partial charge is 0.493 e. The molecule has 1 rings (SSSR count). The summed E-state index contributed by atoms with van der Waals surface area (Å²) in [6.45, 7) is 2.63. The fraction of sp³-hybridized carbons (Fsp3) is 0.467. The number of carbonyl (C=O) groups is 2. The second kappa shape index (κ2) is 8.84. The van der Waals surface area contributed by atoms with Crippen LogP contribution in [-0.2, 0) is 4.79 Å². The Balaban J connectivity index is 2.54. The third-order valence-corrected chi connectivity index (χ3v) is 2.91. The number of carbonyl (C=O) groups excluding carboxylic acids is 2. The summed E-state index contributed by atoms with van der Waals surface area (Å²) < 4.78 is 10.2. The Morgan fingerprint density at radius 1 is 1.10 bits per heavy atom. The second-order valence-electron chi connectivity index (χ2n) is 4.46. The number of methoxy groups -OCH3 is 2. The van der Waals surface area contributed by atoms with Crippen LogP contribution in [0.1, 0.15) is 30.1 Å². The molecule has 0 aliphatic heterocycles. The van der Waals surface area contributed by atoms with Gasteiger partial charge in [-0.15, -0.1) is 0 Å². The van der Waals surface area contributed by atoms with E-state index >= 15 is 0 Å². The Kier molecular flexibility index (Phi) is 7.08. The van der Waals surface area contributed by atoms with Gasteiger partial charge in [-0.05, 0) is 24.6 Å². The van der Waals surface area contributed by atoms with Crippen LogP contribution >= 0.6 is 0 Å². The lowest BCUT2D eigenvalue weighted by atomic mass is 10.2. The van der Waals surface area contributed by atoms with Gasteiger partial charge in [-0.1, -0.05) is 13.3 Å². The molecule has 0 fully saturated rings. The third-order valence-electron chi connectivity index (χ3n) is 2.91. The zero-order chi connectivity index (χ0) is 15.7. The van der Waals surface area contributed by atoms with Crippen molar-refractivity contribution in [3.05, 3.63) is 23.8 Å². The van der Waals surface area contributed by atoms with Gasteiger partial charge in [0.15, 0.2) is 11.5 Å². The maximum Gasteiger partial charge on any atom is 0.251 e. The molecule has 0 saturated heterocycles. The molecular formula is C15H22N2O4. The molecule has 1 aromatic carbocycles. The minimum Gasteiger partial charge on any atom is -0.493 e. The monoisotopic (exact) mass is 294 g/mol. The molecule has 2 N–H and O–H groups in total. The Hall–Kier alpha value is -2.24. The predicted octanol–water partition coefficient (Wildman–Crippen LogP) is 1.35. The average molecular weight is 294 g/mol. The molecule has 0 unspecified atom stereocenters. The van der Waals surface area contributed by atoms with E-state index in [2.05, 4.69) is 10.6 Å². The van der Waals surface area contributed by atoms with E-state index in [4.69, 9.17) is 9.47 Å². The van der Waals surface area contributed by atoms with Gasteiger partial charge in [0.1, 0.15) is 0 Å². The fourth-order valence-corrected chi connectivity index (χ4v) is 1.71. The molecule has 2 amide bonds. The molecule has 6 heteroatoms. The summed E-state index contributed by atoms with van der Waals surface area (Å²) in [5.41, 5.74) is 0.411. The van der Waals surface area contributed by atoms with E-state index in [1.54, 1.807) is 18.2 Å². The maximum absolute atomic E-state index is 12.0. The van der Waals surface area contributed by atoms with Crippen LogP contribution in [0.15, 0.2) is 18.2 Å². The Labute approximate surface area is 124 Å². The van der Waals surface area contributed by atoms with Crippen LogP contribution < -0.4 is 20.1 Å². The molecule has 0 spiro atoms. The lowest BCUT2D eigenvalue weighted by Crippen LogP contribution is -2.37. The highest BCUT2D eigenvalue weighted by Crippen LogP contribution is 2.27. The highest BCUT2D eigenvalue weighted by molar-refractivity contribution is 5.97. The van der Waals surface area contributed by atoms with E-state index in [1.165, 1.54) is 14.2 Å². The van der Waals surface area contributed by atoms with Gasteiger partial charge in [-0.3, -0.25) is 9.59 Å². The molecular weight excluding hydrogens is 272 g/mol.